The number of para-hydroxylation sites is 1. The number of carbonyl (C=O) groups excluding carboxylic acids is 1. The zero-order chi connectivity index (χ0) is 15.4. The molecule has 0 aliphatic heterocycles. The van der Waals surface area contributed by atoms with E-state index in [1.165, 1.54) is 6.20 Å². The van der Waals surface area contributed by atoms with E-state index >= 15 is 0 Å². The molecule has 6 heteroatoms. The summed E-state index contributed by atoms with van der Waals surface area (Å²) in [5.74, 6) is 0.914. The van der Waals surface area contributed by atoms with Crippen LogP contribution in [0.1, 0.15) is 10.4 Å². The van der Waals surface area contributed by atoms with Crippen LogP contribution >= 0.6 is 0 Å². The van der Waals surface area contributed by atoms with E-state index in [2.05, 4.69) is 20.5 Å². The van der Waals surface area contributed by atoms with Crippen molar-refractivity contribution in [1.82, 2.24) is 15.2 Å². The number of nitrogens with zero attached hydrogens (tertiary/aromatic N) is 2. The average molecular weight is 294 g/mol. The minimum absolute atomic E-state index is 0.258. The molecule has 0 saturated heterocycles. The standard InChI is InChI=1S/C16H14N4O2/c1-22-14-7-3-2-6-12(14)13-9-15(20-19-13)18-16(21)11-5-4-8-17-10-11/h2-10H,1H3,(H2,18,19,20,21). The lowest BCUT2D eigenvalue weighted by Crippen LogP contribution is -2.12. The third-order valence-corrected chi connectivity index (χ3v) is 3.14. The Kier molecular flexibility index (Phi) is 3.82. The molecule has 110 valence electrons. The van der Waals surface area contributed by atoms with Crippen molar-refractivity contribution in [2.24, 2.45) is 0 Å². The van der Waals surface area contributed by atoms with Crippen molar-refractivity contribution in [3.8, 4) is 17.0 Å². The first-order valence-electron chi connectivity index (χ1n) is 6.68. The number of aromatic amines is 1. The maximum atomic E-state index is 12.1. The molecule has 0 unspecified atom stereocenters. The summed E-state index contributed by atoms with van der Waals surface area (Å²) < 4.78 is 5.32. The topological polar surface area (TPSA) is 79.9 Å². The minimum atomic E-state index is -0.258. The summed E-state index contributed by atoms with van der Waals surface area (Å²) in [6.45, 7) is 0. The van der Waals surface area contributed by atoms with Crippen LogP contribution in [0.4, 0.5) is 5.82 Å². The Hall–Kier alpha value is -3.15. The molecule has 1 amide bonds. The largest absolute Gasteiger partial charge is 0.496 e. The first-order chi connectivity index (χ1) is 10.8. The highest BCUT2D eigenvalue weighted by molar-refractivity contribution is 6.03. The average Bonchev–Trinajstić information content (AvgIpc) is 3.04. The number of hydrogen-bond donors (Lipinski definition) is 2. The molecule has 2 N–H and O–H groups in total. The highest BCUT2D eigenvalue weighted by atomic mass is 16.5. The van der Waals surface area contributed by atoms with E-state index in [1.807, 2.05) is 24.3 Å². The number of carbonyl (C=O) groups is 1. The van der Waals surface area contributed by atoms with Crippen molar-refractivity contribution in [2.45, 2.75) is 0 Å². The van der Waals surface area contributed by atoms with Crippen molar-refractivity contribution < 1.29 is 9.53 Å². The number of aromatic nitrogens is 3. The van der Waals surface area contributed by atoms with Gasteiger partial charge in [-0.15, -0.1) is 0 Å². The van der Waals surface area contributed by atoms with E-state index in [0.29, 0.717) is 11.4 Å². The van der Waals surface area contributed by atoms with Crippen LogP contribution in [0.2, 0.25) is 0 Å². The molecule has 0 spiro atoms. The van der Waals surface area contributed by atoms with Crippen molar-refractivity contribution in [3.05, 3.63) is 60.4 Å². The van der Waals surface area contributed by atoms with Gasteiger partial charge in [0.2, 0.25) is 0 Å². The summed E-state index contributed by atoms with van der Waals surface area (Å²) in [5.41, 5.74) is 2.11. The smallest absolute Gasteiger partial charge is 0.258 e. The number of pyridine rings is 1. The van der Waals surface area contributed by atoms with Gasteiger partial charge in [0.15, 0.2) is 5.82 Å². The molecule has 0 fully saturated rings. The van der Waals surface area contributed by atoms with Crippen LogP contribution in [0, 0.1) is 0 Å². The molecule has 6 nitrogen and oxygen atoms in total. The minimum Gasteiger partial charge on any atom is -0.496 e. The van der Waals surface area contributed by atoms with Crippen LogP contribution in [0.3, 0.4) is 0 Å². The molecule has 0 bridgehead atoms. The van der Waals surface area contributed by atoms with E-state index < -0.39 is 0 Å². The van der Waals surface area contributed by atoms with Gasteiger partial charge in [-0.05, 0) is 24.3 Å². The number of amides is 1. The first-order valence-corrected chi connectivity index (χ1v) is 6.68. The van der Waals surface area contributed by atoms with Gasteiger partial charge < -0.3 is 10.1 Å². The number of hydrogen-bond acceptors (Lipinski definition) is 4. The molecule has 2 aromatic heterocycles. The third kappa shape index (κ3) is 2.80. The van der Waals surface area contributed by atoms with E-state index in [4.69, 9.17) is 4.74 Å². The molecule has 1 aromatic carbocycles. The van der Waals surface area contributed by atoms with E-state index in [-0.39, 0.29) is 5.91 Å². The molecule has 0 aliphatic carbocycles. The lowest BCUT2D eigenvalue weighted by molar-refractivity contribution is 0.102. The molecule has 0 atom stereocenters. The molecular weight excluding hydrogens is 280 g/mol. The Labute approximate surface area is 127 Å². The van der Waals surface area contributed by atoms with E-state index in [1.54, 1.807) is 31.5 Å². The van der Waals surface area contributed by atoms with Gasteiger partial charge in [0, 0.05) is 24.0 Å². The van der Waals surface area contributed by atoms with Crippen molar-refractivity contribution >= 4 is 11.7 Å². The van der Waals surface area contributed by atoms with Gasteiger partial charge in [0.1, 0.15) is 5.75 Å². The number of anilines is 1. The lowest BCUT2D eigenvalue weighted by atomic mass is 10.1. The molecule has 0 saturated carbocycles. The van der Waals surface area contributed by atoms with Crippen LogP contribution in [0.5, 0.6) is 5.75 Å². The summed E-state index contributed by atoms with van der Waals surface area (Å²) in [6, 6.07) is 12.7. The van der Waals surface area contributed by atoms with Gasteiger partial charge in [0.25, 0.3) is 5.91 Å². The summed E-state index contributed by atoms with van der Waals surface area (Å²) in [6.07, 6.45) is 3.12. The number of nitrogens with one attached hydrogen (secondary N) is 2. The predicted octanol–water partition coefficient (Wildman–Crippen LogP) is 2.73. The highest BCUT2D eigenvalue weighted by Gasteiger charge is 2.11. The van der Waals surface area contributed by atoms with Gasteiger partial charge in [-0.3, -0.25) is 14.9 Å². The van der Waals surface area contributed by atoms with Crippen LogP contribution in [-0.4, -0.2) is 28.2 Å². The normalized spacial score (nSPS) is 10.2. The zero-order valence-electron chi connectivity index (χ0n) is 11.9. The number of methoxy groups -OCH3 is 1. The fourth-order valence-electron chi connectivity index (χ4n) is 2.08. The molecule has 22 heavy (non-hydrogen) atoms. The monoisotopic (exact) mass is 294 g/mol. The maximum absolute atomic E-state index is 12.1. The second kappa shape index (κ2) is 6.09. The van der Waals surface area contributed by atoms with Crippen molar-refractivity contribution in [2.75, 3.05) is 12.4 Å². The Morgan fingerprint density at radius 2 is 2.09 bits per heavy atom. The Morgan fingerprint density at radius 3 is 2.86 bits per heavy atom. The van der Waals surface area contributed by atoms with Crippen LogP contribution in [0.25, 0.3) is 11.3 Å². The SMILES string of the molecule is COc1ccccc1-c1cc(NC(=O)c2cccnc2)n[nH]1. The summed E-state index contributed by atoms with van der Waals surface area (Å²) in [5, 5.41) is 9.72. The molecule has 3 aromatic rings. The molecule has 0 radical (unpaired) electrons. The van der Waals surface area contributed by atoms with Gasteiger partial charge >= 0.3 is 0 Å². The number of rotatable bonds is 4. The Balaban J connectivity index is 1.81. The van der Waals surface area contributed by atoms with Gasteiger partial charge in [-0.2, -0.15) is 5.10 Å². The van der Waals surface area contributed by atoms with Crippen LogP contribution in [0.15, 0.2) is 54.9 Å². The summed E-state index contributed by atoms with van der Waals surface area (Å²) in [7, 11) is 1.61. The lowest BCUT2D eigenvalue weighted by Gasteiger charge is -2.05. The third-order valence-electron chi connectivity index (χ3n) is 3.14. The molecule has 3 rings (SSSR count). The number of ether oxygens (including phenoxy) is 1. The van der Waals surface area contributed by atoms with E-state index in [9.17, 15) is 4.79 Å². The van der Waals surface area contributed by atoms with E-state index in [0.717, 1.165) is 17.0 Å². The molecule has 0 aliphatic rings. The fourth-order valence-corrected chi connectivity index (χ4v) is 2.08. The Bertz CT molecular complexity index is 784. The van der Waals surface area contributed by atoms with Crippen LogP contribution < -0.4 is 10.1 Å². The zero-order valence-corrected chi connectivity index (χ0v) is 11.9. The summed E-state index contributed by atoms with van der Waals surface area (Å²) in [4.78, 5) is 16.0. The van der Waals surface area contributed by atoms with Crippen molar-refractivity contribution in [1.29, 1.82) is 0 Å². The fraction of sp³-hybridized carbons (Fsp3) is 0.0625. The van der Waals surface area contributed by atoms with Crippen LogP contribution in [-0.2, 0) is 0 Å². The second-order valence-electron chi connectivity index (χ2n) is 4.56. The molecular formula is C16H14N4O2. The number of benzene rings is 1. The quantitative estimate of drug-likeness (QED) is 0.775. The Morgan fingerprint density at radius 1 is 1.23 bits per heavy atom. The van der Waals surface area contributed by atoms with Gasteiger partial charge in [0.05, 0.1) is 18.4 Å². The molecule has 2 heterocycles. The van der Waals surface area contributed by atoms with Gasteiger partial charge in [-0.25, -0.2) is 0 Å². The maximum Gasteiger partial charge on any atom is 0.258 e. The first kappa shape index (κ1) is 13.8. The highest BCUT2D eigenvalue weighted by Crippen LogP contribution is 2.29. The van der Waals surface area contributed by atoms with Gasteiger partial charge in [-0.1, -0.05) is 12.1 Å². The second-order valence-corrected chi connectivity index (χ2v) is 4.56. The summed E-state index contributed by atoms with van der Waals surface area (Å²) >= 11 is 0. The predicted molar refractivity (Wildman–Crippen MR) is 82.8 cm³/mol. The number of H-pyrrole nitrogens is 1. The van der Waals surface area contributed by atoms with Crippen molar-refractivity contribution in [3.63, 3.8) is 0 Å².